The zero-order valence-electron chi connectivity index (χ0n) is 10.4. The summed E-state index contributed by atoms with van der Waals surface area (Å²) >= 11 is 5.01. The smallest absolute Gasteiger partial charge is 0.242 e. The molecule has 2 aromatic rings. The monoisotopic (exact) mass is 342 g/mol. The van der Waals surface area contributed by atoms with Crippen LogP contribution in [-0.4, -0.2) is 22.1 Å². The number of hydrogen-bond donors (Lipinski definition) is 3. The summed E-state index contributed by atoms with van der Waals surface area (Å²) in [5, 5.41) is 9.67. The Labute approximate surface area is 123 Å². The van der Waals surface area contributed by atoms with Gasteiger partial charge in [0.25, 0.3) is 0 Å². The lowest BCUT2D eigenvalue weighted by Crippen LogP contribution is -2.35. The van der Waals surface area contributed by atoms with Crippen molar-refractivity contribution < 1.29 is 4.79 Å². The Hall–Kier alpha value is -1.18. The van der Waals surface area contributed by atoms with Crippen LogP contribution in [0.3, 0.4) is 0 Å². The first-order valence-corrected chi connectivity index (χ1v) is 7.58. The number of amides is 1. The number of thiophene rings is 1. The van der Waals surface area contributed by atoms with Gasteiger partial charge in [-0.25, -0.2) is 0 Å². The van der Waals surface area contributed by atoms with Crippen molar-refractivity contribution in [2.45, 2.75) is 25.8 Å². The van der Waals surface area contributed by atoms with E-state index in [-0.39, 0.29) is 5.91 Å². The van der Waals surface area contributed by atoms with Gasteiger partial charge in [-0.3, -0.25) is 9.89 Å². The minimum Gasteiger partial charge on any atom is -0.320 e. The van der Waals surface area contributed by atoms with Crippen LogP contribution < -0.4 is 11.1 Å². The van der Waals surface area contributed by atoms with Crippen LogP contribution in [0.5, 0.6) is 0 Å². The van der Waals surface area contributed by atoms with E-state index in [4.69, 9.17) is 5.73 Å². The normalized spacial score (nSPS) is 12.4. The number of nitrogens with two attached hydrogens (primary N) is 1. The van der Waals surface area contributed by atoms with Gasteiger partial charge in [0, 0.05) is 6.07 Å². The molecule has 19 heavy (non-hydrogen) atoms. The molecule has 0 fully saturated rings. The third-order valence-corrected chi connectivity index (χ3v) is 4.26. The van der Waals surface area contributed by atoms with E-state index in [9.17, 15) is 4.79 Å². The van der Waals surface area contributed by atoms with E-state index in [1.807, 2.05) is 19.1 Å². The van der Waals surface area contributed by atoms with Gasteiger partial charge in [-0.2, -0.15) is 5.10 Å². The second-order valence-corrected chi connectivity index (χ2v) is 6.62. The highest BCUT2D eigenvalue weighted by molar-refractivity contribution is 9.11. The van der Waals surface area contributed by atoms with Gasteiger partial charge in [0.15, 0.2) is 5.82 Å². The molecule has 5 nitrogen and oxygen atoms in total. The van der Waals surface area contributed by atoms with Gasteiger partial charge in [0.2, 0.25) is 5.91 Å². The highest BCUT2D eigenvalue weighted by atomic mass is 79.9. The van der Waals surface area contributed by atoms with E-state index in [1.165, 1.54) is 0 Å². The summed E-state index contributed by atoms with van der Waals surface area (Å²) < 4.78 is 1.05. The maximum atomic E-state index is 11.8. The summed E-state index contributed by atoms with van der Waals surface area (Å²) in [5.41, 5.74) is 6.61. The minimum absolute atomic E-state index is 0.202. The molecule has 2 heterocycles. The zero-order chi connectivity index (χ0) is 13.8. The van der Waals surface area contributed by atoms with Crippen molar-refractivity contribution in [1.82, 2.24) is 10.2 Å². The molecule has 0 spiro atoms. The summed E-state index contributed by atoms with van der Waals surface area (Å²) in [7, 11) is 0. The number of rotatable bonds is 5. The molecule has 0 aliphatic carbocycles. The number of anilines is 1. The third-order valence-electron chi connectivity index (χ3n) is 2.60. The van der Waals surface area contributed by atoms with Crippen molar-refractivity contribution in [3.63, 3.8) is 0 Å². The van der Waals surface area contributed by atoms with E-state index in [2.05, 4.69) is 31.4 Å². The number of carbonyl (C=O) groups excluding carboxylic acids is 1. The van der Waals surface area contributed by atoms with Crippen molar-refractivity contribution in [2.75, 3.05) is 5.32 Å². The average molecular weight is 343 g/mol. The SMILES string of the molecule is CCCC(N)C(=O)Nc1cc(-c2ccc(Br)s2)[nH]n1. The lowest BCUT2D eigenvalue weighted by Gasteiger charge is -2.08. The number of nitrogens with one attached hydrogen (secondary N) is 2. The topological polar surface area (TPSA) is 83.8 Å². The Bertz CT molecular complexity index is 566. The van der Waals surface area contributed by atoms with Gasteiger partial charge in [0.1, 0.15) is 0 Å². The Balaban J connectivity index is 2.03. The number of aromatic nitrogens is 2. The molecule has 0 aliphatic heterocycles. The number of aromatic amines is 1. The van der Waals surface area contributed by atoms with E-state index in [0.717, 1.165) is 20.8 Å². The van der Waals surface area contributed by atoms with Crippen LogP contribution in [0.4, 0.5) is 5.82 Å². The number of hydrogen-bond acceptors (Lipinski definition) is 4. The molecule has 1 amide bonds. The van der Waals surface area contributed by atoms with E-state index < -0.39 is 6.04 Å². The first-order chi connectivity index (χ1) is 9.10. The van der Waals surface area contributed by atoms with Crippen molar-refractivity contribution in [1.29, 1.82) is 0 Å². The number of H-pyrrole nitrogens is 1. The average Bonchev–Trinajstić information content (AvgIpc) is 2.98. The molecule has 0 saturated carbocycles. The molecule has 2 rings (SSSR count). The first kappa shape index (κ1) is 14.2. The second kappa shape index (κ2) is 6.31. The molecule has 102 valence electrons. The molecule has 0 bridgehead atoms. The molecule has 4 N–H and O–H groups in total. The quantitative estimate of drug-likeness (QED) is 0.780. The van der Waals surface area contributed by atoms with Crippen LogP contribution in [-0.2, 0) is 4.79 Å². The Morgan fingerprint density at radius 3 is 3.05 bits per heavy atom. The molecule has 0 aliphatic rings. The maximum absolute atomic E-state index is 11.8. The Kier molecular flexibility index (Phi) is 4.73. The van der Waals surface area contributed by atoms with Gasteiger partial charge in [-0.1, -0.05) is 13.3 Å². The number of carbonyl (C=O) groups is 1. The summed E-state index contributed by atoms with van der Waals surface area (Å²) in [6.45, 7) is 1.99. The second-order valence-electron chi connectivity index (χ2n) is 4.16. The van der Waals surface area contributed by atoms with Crippen LogP contribution in [0.1, 0.15) is 19.8 Å². The Morgan fingerprint density at radius 2 is 2.42 bits per heavy atom. The zero-order valence-corrected chi connectivity index (χ0v) is 12.8. The van der Waals surface area contributed by atoms with E-state index in [0.29, 0.717) is 12.2 Å². The maximum Gasteiger partial charge on any atom is 0.242 e. The molecule has 0 saturated heterocycles. The largest absolute Gasteiger partial charge is 0.320 e. The molecule has 1 atom stereocenters. The van der Waals surface area contributed by atoms with Crippen LogP contribution in [0.15, 0.2) is 22.0 Å². The Morgan fingerprint density at radius 1 is 1.63 bits per heavy atom. The lowest BCUT2D eigenvalue weighted by molar-refractivity contribution is -0.117. The van der Waals surface area contributed by atoms with Gasteiger partial charge >= 0.3 is 0 Å². The highest BCUT2D eigenvalue weighted by Crippen LogP contribution is 2.30. The fourth-order valence-corrected chi connectivity index (χ4v) is 2.98. The first-order valence-electron chi connectivity index (χ1n) is 5.97. The fourth-order valence-electron chi connectivity index (χ4n) is 1.63. The van der Waals surface area contributed by atoms with Gasteiger partial charge in [0.05, 0.1) is 20.4 Å². The summed E-state index contributed by atoms with van der Waals surface area (Å²) in [6, 6.07) is 5.27. The van der Waals surface area contributed by atoms with Crippen molar-refractivity contribution >= 4 is 39.0 Å². The standard InChI is InChI=1S/C12H15BrN4OS/c1-2-3-7(14)12(18)15-11-6-8(16-17-11)9-4-5-10(13)19-9/h4-7H,2-3,14H2,1H3,(H2,15,16,17,18). The van der Waals surface area contributed by atoms with Crippen LogP contribution in [0.2, 0.25) is 0 Å². The van der Waals surface area contributed by atoms with Gasteiger partial charge in [-0.05, 0) is 34.5 Å². The summed E-state index contributed by atoms with van der Waals surface area (Å²) in [6.07, 6.45) is 1.55. The molecule has 0 aromatic carbocycles. The molecule has 2 aromatic heterocycles. The number of halogens is 1. The van der Waals surface area contributed by atoms with E-state index >= 15 is 0 Å². The van der Waals surface area contributed by atoms with Crippen LogP contribution in [0, 0.1) is 0 Å². The van der Waals surface area contributed by atoms with Crippen LogP contribution in [0.25, 0.3) is 10.6 Å². The molecular weight excluding hydrogens is 328 g/mol. The molecule has 1 unspecified atom stereocenters. The van der Waals surface area contributed by atoms with Gasteiger partial charge < -0.3 is 11.1 Å². The van der Waals surface area contributed by atoms with Crippen molar-refractivity contribution in [2.24, 2.45) is 5.73 Å². The predicted molar refractivity (Wildman–Crippen MR) is 81.1 cm³/mol. The van der Waals surface area contributed by atoms with E-state index in [1.54, 1.807) is 17.4 Å². The fraction of sp³-hybridized carbons (Fsp3) is 0.333. The molecule has 7 heteroatoms. The lowest BCUT2D eigenvalue weighted by atomic mass is 10.2. The third kappa shape index (κ3) is 3.65. The van der Waals surface area contributed by atoms with Crippen LogP contribution >= 0.6 is 27.3 Å². The summed E-state index contributed by atoms with van der Waals surface area (Å²) in [4.78, 5) is 12.8. The number of nitrogens with zero attached hydrogens (tertiary/aromatic N) is 1. The van der Waals surface area contributed by atoms with Crippen molar-refractivity contribution in [3.8, 4) is 10.6 Å². The van der Waals surface area contributed by atoms with Gasteiger partial charge in [-0.15, -0.1) is 11.3 Å². The molecular formula is C12H15BrN4OS. The highest BCUT2D eigenvalue weighted by Gasteiger charge is 2.14. The molecule has 0 radical (unpaired) electrons. The van der Waals surface area contributed by atoms with Crippen molar-refractivity contribution in [3.05, 3.63) is 22.0 Å². The minimum atomic E-state index is -0.485. The summed E-state index contributed by atoms with van der Waals surface area (Å²) in [5.74, 6) is 0.295. The predicted octanol–water partition coefficient (Wildman–Crippen LogP) is 2.97.